The lowest BCUT2D eigenvalue weighted by molar-refractivity contribution is -0.115. The average Bonchev–Trinajstić information content (AvgIpc) is 2.98. The van der Waals surface area contributed by atoms with Gasteiger partial charge < -0.3 is 10.3 Å². The van der Waals surface area contributed by atoms with Crippen molar-refractivity contribution < 1.29 is 4.79 Å². The summed E-state index contributed by atoms with van der Waals surface area (Å²) in [6.07, 6.45) is 3.49. The lowest BCUT2D eigenvalue weighted by atomic mass is 10.1. The highest BCUT2D eigenvalue weighted by atomic mass is 79.9. The summed E-state index contributed by atoms with van der Waals surface area (Å²) < 4.78 is 2.30. The van der Waals surface area contributed by atoms with Crippen LogP contribution in [0.25, 0.3) is 5.78 Å². The fourth-order valence-electron chi connectivity index (χ4n) is 2.44. The van der Waals surface area contributed by atoms with Crippen LogP contribution in [0.15, 0.2) is 26.7 Å². The minimum Gasteiger partial charge on any atom is -0.326 e. The van der Waals surface area contributed by atoms with E-state index in [1.165, 1.54) is 18.0 Å². The smallest absolute Gasteiger partial charge is 0.271 e. The minimum atomic E-state index is -0.362. The van der Waals surface area contributed by atoms with E-state index in [-0.39, 0.29) is 23.6 Å². The number of aromatic amines is 1. The van der Waals surface area contributed by atoms with Gasteiger partial charge in [0.15, 0.2) is 0 Å². The molecule has 0 radical (unpaired) electrons. The number of carbonyl (C=O) groups is 1. The molecule has 8 nitrogen and oxygen atoms in total. The lowest BCUT2D eigenvalue weighted by Crippen LogP contribution is -2.22. The summed E-state index contributed by atoms with van der Waals surface area (Å²) in [6.45, 7) is 3.70. The van der Waals surface area contributed by atoms with Gasteiger partial charge in [-0.3, -0.25) is 9.59 Å². The first-order valence-corrected chi connectivity index (χ1v) is 9.35. The van der Waals surface area contributed by atoms with Crippen LogP contribution in [-0.4, -0.2) is 36.7 Å². The Morgan fingerprint density at radius 2 is 2.16 bits per heavy atom. The Kier molecular flexibility index (Phi) is 4.91. The van der Waals surface area contributed by atoms with E-state index in [1.54, 1.807) is 10.6 Å². The molecule has 2 N–H and O–H groups in total. The van der Waals surface area contributed by atoms with Crippen molar-refractivity contribution in [1.29, 1.82) is 0 Å². The van der Waals surface area contributed by atoms with Crippen molar-refractivity contribution in [3.8, 4) is 0 Å². The van der Waals surface area contributed by atoms with Gasteiger partial charge in [-0.25, -0.2) is 9.50 Å². The lowest BCUT2D eigenvalue weighted by Gasteiger charge is -2.10. The van der Waals surface area contributed by atoms with E-state index < -0.39 is 0 Å². The number of H-pyrrole nitrogens is 1. The molecule has 0 aliphatic rings. The Hall–Kier alpha value is -2.20. The average molecular weight is 423 g/mol. The molecule has 3 aromatic heterocycles. The molecule has 0 saturated heterocycles. The van der Waals surface area contributed by atoms with Gasteiger partial charge in [-0.2, -0.15) is 4.98 Å². The zero-order valence-corrected chi connectivity index (χ0v) is 16.2. The summed E-state index contributed by atoms with van der Waals surface area (Å²) in [5.41, 5.74) is 2.10. The van der Waals surface area contributed by atoms with Gasteiger partial charge in [0.25, 0.3) is 11.3 Å². The number of anilines is 1. The van der Waals surface area contributed by atoms with Gasteiger partial charge in [0.1, 0.15) is 5.69 Å². The van der Waals surface area contributed by atoms with E-state index in [0.717, 1.165) is 11.3 Å². The quantitative estimate of drug-likeness (QED) is 0.623. The molecule has 10 heteroatoms. The molecule has 3 heterocycles. The highest BCUT2D eigenvalue weighted by molar-refractivity contribution is 9.10. The van der Waals surface area contributed by atoms with E-state index in [9.17, 15) is 9.59 Å². The molecule has 0 unspecified atom stereocenters. The Balaban J connectivity index is 1.90. The first kappa shape index (κ1) is 17.6. The van der Waals surface area contributed by atoms with Crippen LogP contribution < -0.4 is 10.9 Å². The van der Waals surface area contributed by atoms with Gasteiger partial charge in [-0.1, -0.05) is 11.8 Å². The molecule has 3 rings (SSSR count). The number of hydrogen-bond donors (Lipinski definition) is 2. The molecule has 0 atom stereocenters. The summed E-state index contributed by atoms with van der Waals surface area (Å²) in [6, 6.07) is 1.56. The largest absolute Gasteiger partial charge is 0.326 e. The highest BCUT2D eigenvalue weighted by Crippen LogP contribution is 2.18. The highest BCUT2D eigenvalue weighted by Gasteiger charge is 2.16. The number of carbonyl (C=O) groups excluding carboxylic acids is 1. The fourth-order valence-corrected chi connectivity index (χ4v) is 3.12. The maximum absolute atomic E-state index is 12.4. The molecular formula is C15H15BrN6O2S. The number of halogens is 1. The predicted octanol–water partition coefficient (Wildman–Crippen LogP) is 2.10. The summed E-state index contributed by atoms with van der Waals surface area (Å²) >= 11 is 4.69. The Labute approximate surface area is 155 Å². The van der Waals surface area contributed by atoms with Crippen LogP contribution in [0.1, 0.15) is 17.0 Å². The number of hydrogen-bond acceptors (Lipinski definition) is 6. The Morgan fingerprint density at radius 3 is 2.88 bits per heavy atom. The molecule has 130 valence electrons. The van der Waals surface area contributed by atoms with Gasteiger partial charge >= 0.3 is 0 Å². The van der Waals surface area contributed by atoms with Crippen LogP contribution in [0.4, 0.5) is 5.69 Å². The second-order valence-electron chi connectivity index (χ2n) is 5.36. The second-order valence-corrected chi connectivity index (χ2v) is 7.05. The molecule has 3 aromatic rings. The predicted molar refractivity (Wildman–Crippen MR) is 99.1 cm³/mol. The molecule has 0 aliphatic heterocycles. The van der Waals surface area contributed by atoms with Crippen LogP contribution in [0.2, 0.25) is 0 Å². The standard InChI is InChI=1S/C15H15BrN6O2S/c1-7-10(8(2)22-14(18-7)20-15(21-22)25-3)5-12(23)19-11-4-9(16)6-17-13(11)24/h4,6H,5H2,1-3H3,(H,17,24)(H,19,23). The second kappa shape index (κ2) is 6.96. The topological polar surface area (TPSA) is 105 Å². The zero-order valence-electron chi connectivity index (χ0n) is 13.8. The molecule has 0 bridgehead atoms. The van der Waals surface area contributed by atoms with Gasteiger partial charge in [0.2, 0.25) is 11.1 Å². The number of rotatable bonds is 4. The molecule has 0 aliphatic carbocycles. The fraction of sp³-hybridized carbons (Fsp3) is 0.267. The van der Waals surface area contributed by atoms with Crippen molar-refractivity contribution >= 4 is 45.1 Å². The van der Waals surface area contributed by atoms with Crippen molar-refractivity contribution in [2.24, 2.45) is 0 Å². The third kappa shape index (κ3) is 3.59. The van der Waals surface area contributed by atoms with Gasteiger partial charge in [-0.15, -0.1) is 5.10 Å². The minimum absolute atomic E-state index is 0.0843. The summed E-state index contributed by atoms with van der Waals surface area (Å²) in [5.74, 6) is 0.202. The SMILES string of the molecule is CSc1nc2nc(C)c(CC(=O)Nc3cc(Br)c[nH]c3=O)c(C)n2n1. The maximum Gasteiger partial charge on any atom is 0.271 e. The number of nitrogens with one attached hydrogen (secondary N) is 2. The number of pyridine rings is 1. The first-order valence-electron chi connectivity index (χ1n) is 7.34. The van der Waals surface area contributed by atoms with E-state index in [1.807, 2.05) is 20.1 Å². The number of aromatic nitrogens is 5. The third-order valence-electron chi connectivity index (χ3n) is 3.69. The number of aryl methyl sites for hydroxylation is 2. The molecule has 0 spiro atoms. The number of amides is 1. The van der Waals surface area contributed by atoms with Crippen LogP contribution in [0.3, 0.4) is 0 Å². The maximum atomic E-state index is 12.4. The molecule has 0 aromatic carbocycles. The molecule has 0 fully saturated rings. The van der Waals surface area contributed by atoms with Crippen molar-refractivity contribution in [2.45, 2.75) is 25.4 Å². The van der Waals surface area contributed by atoms with Crippen molar-refractivity contribution in [1.82, 2.24) is 24.6 Å². The van der Waals surface area contributed by atoms with Crippen molar-refractivity contribution in [2.75, 3.05) is 11.6 Å². The summed E-state index contributed by atoms with van der Waals surface area (Å²) in [4.78, 5) is 35.4. The van der Waals surface area contributed by atoms with E-state index in [2.05, 4.69) is 41.3 Å². The van der Waals surface area contributed by atoms with Crippen LogP contribution in [0, 0.1) is 13.8 Å². The number of thioether (sulfide) groups is 1. The number of fused-ring (bicyclic) bond motifs is 1. The Morgan fingerprint density at radius 1 is 1.40 bits per heavy atom. The molecule has 1 amide bonds. The first-order chi connectivity index (χ1) is 11.9. The van der Waals surface area contributed by atoms with Crippen LogP contribution in [-0.2, 0) is 11.2 Å². The van der Waals surface area contributed by atoms with Crippen molar-refractivity contribution in [3.63, 3.8) is 0 Å². The number of nitrogens with zero attached hydrogens (tertiary/aromatic N) is 4. The molecule has 0 saturated carbocycles. The monoisotopic (exact) mass is 422 g/mol. The summed E-state index contributed by atoms with van der Waals surface area (Å²) in [7, 11) is 0. The van der Waals surface area contributed by atoms with Crippen LogP contribution >= 0.6 is 27.7 Å². The van der Waals surface area contributed by atoms with E-state index >= 15 is 0 Å². The Bertz CT molecular complexity index is 1030. The normalized spacial score (nSPS) is 11.0. The van der Waals surface area contributed by atoms with Crippen molar-refractivity contribution in [3.05, 3.63) is 44.0 Å². The van der Waals surface area contributed by atoms with E-state index in [4.69, 9.17) is 0 Å². The molecular weight excluding hydrogens is 408 g/mol. The van der Waals surface area contributed by atoms with E-state index in [0.29, 0.717) is 21.1 Å². The van der Waals surface area contributed by atoms with Crippen LogP contribution in [0.5, 0.6) is 0 Å². The van der Waals surface area contributed by atoms with Gasteiger partial charge in [0.05, 0.1) is 6.42 Å². The third-order valence-corrected chi connectivity index (χ3v) is 4.69. The van der Waals surface area contributed by atoms with Gasteiger partial charge in [-0.05, 0) is 42.1 Å². The summed E-state index contributed by atoms with van der Waals surface area (Å²) in [5, 5.41) is 7.61. The molecule has 25 heavy (non-hydrogen) atoms. The van der Waals surface area contributed by atoms with Gasteiger partial charge in [0, 0.05) is 27.6 Å². The zero-order chi connectivity index (χ0) is 18.1.